The summed E-state index contributed by atoms with van der Waals surface area (Å²) in [5.41, 5.74) is 4.21. The first-order valence-corrected chi connectivity index (χ1v) is 9.02. The molecule has 0 saturated heterocycles. The number of carboxylic acids is 1. The molecule has 0 spiro atoms. The normalized spacial score (nSPS) is 11.0. The summed E-state index contributed by atoms with van der Waals surface area (Å²) in [4.78, 5) is 16.5. The van der Waals surface area contributed by atoms with E-state index >= 15 is 0 Å². The number of hydrogen-bond acceptors (Lipinski definition) is 2. The molecule has 138 valence electrons. The Balaban J connectivity index is 1.91. The topological polar surface area (TPSA) is 50.2 Å². The molecule has 4 aromatic rings. The van der Waals surface area contributed by atoms with Crippen LogP contribution in [0.25, 0.3) is 33.3 Å². The van der Waals surface area contributed by atoms with Crippen LogP contribution in [0, 0.1) is 12.7 Å². The number of hydrogen-bond donors (Lipinski definition) is 1. The predicted molar refractivity (Wildman–Crippen MR) is 109 cm³/mol. The molecule has 0 amide bonds. The van der Waals surface area contributed by atoms with E-state index < -0.39 is 11.8 Å². The van der Waals surface area contributed by atoms with E-state index in [9.17, 15) is 14.3 Å². The minimum atomic E-state index is -1.17. The number of halogens is 2. The Bertz CT molecular complexity index is 1210. The number of nitrogens with zero attached hydrogens (tertiary/aromatic N) is 1. The fourth-order valence-corrected chi connectivity index (χ4v) is 3.64. The van der Waals surface area contributed by atoms with Gasteiger partial charge in [0, 0.05) is 10.9 Å². The number of pyridine rings is 1. The highest BCUT2D eigenvalue weighted by atomic mass is 35.5. The fourth-order valence-electron chi connectivity index (χ4n) is 3.38. The van der Waals surface area contributed by atoms with Crippen molar-refractivity contribution in [1.29, 1.82) is 0 Å². The number of fused-ring (bicyclic) bond motifs is 1. The lowest BCUT2D eigenvalue weighted by Gasteiger charge is -2.14. The second-order valence-corrected chi connectivity index (χ2v) is 6.84. The van der Waals surface area contributed by atoms with E-state index in [-0.39, 0.29) is 16.0 Å². The van der Waals surface area contributed by atoms with Gasteiger partial charge in [0.15, 0.2) is 0 Å². The highest BCUT2D eigenvalue weighted by Gasteiger charge is 2.21. The molecule has 3 nitrogen and oxygen atoms in total. The standard InChI is InChI=1S/C23H15ClFNO2/c1-13-19(23(27)28)20-18(12-11-17(25)21(20)24)26-22(13)16-9-7-15(8-10-16)14-5-3-2-4-6-14/h2-12H,1H3,(H,27,28). The molecule has 3 aromatic carbocycles. The van der Waals surface area contributed by atoms with Crippen LogP contribution in [-0.2, 0) is 0 Å². The van der Waals surface area contributed by atoms with Crippen molar-refractivity contribution in [2.24, 2.45) is 0 Å². The Hall–Kier alpha value is -3.24. The molecule has 1 aromatic heterocycles. The summed E-state index contributed by atoms with van der Waals surface area (Å²) in [6.07, 6.45) is 0. The van der Waals surface area contributed by atoms with Gasteiger partial charge in [-0.1, -0.05) is 66.2 Å². The summed E-state index contributed by atoms with van der Waals surface area (Å²) in [7, 11) is 0. The number of aromatic nitrogens is 1. The maximum absolute atomic E-state index is 13.9. The van der Waals surface area contributed by atoms with Crippen LogP contribution in [0.2, 0.25) is 5.02 Å². The SMILES string of the molecule is Cc1c(-c2ccc(-c3ccccc3)cc2)nc2ccc(F)c(Cl)c2c1C(=O)O. The maximum atomic E-state index is 13.9. The van der Waals surface area contributed by atoms with E-state index in [2.05, 4.69) is 4.98 Å². The Morgan fingerprint density at radius 2 is 1.54 bits per heavy atom. The van der Waals surface area contributed by atoms with Gasteiger partial charge >= 0.3 is 5.97 Å². The third kappa shape index (κ3) is 3.02. The summed E-state index contributed by atoms with van der Waals surface area (Å²) in [5.74, 6) is -1.84. The number of benzene rings is 3. The molecular weight excluding hydrogens is 377 g/mol. The second kappa shape index (κ2) is 7.06. The van der Waals surface area contributed by atoms with Gasteiger partial charge < -0.3 is 5.11 Å². The Labute approximate surface area is 166 Å². The molecule has 0 atom stereocenters. The molecule has 0 aliphatic heterocycles. The van der Waals surface area contributed by atoms with Gasteiger partial charge in [0.1, 0.15) is 5.82 Å². The summed E-state index contributed by atoms with van der Waals surface area (Å²) < 4.78 is 13.9. The van der Waals surface area contributed by atoms with Crippen LogP contribution in [0.15, 0.2) is 66.7 Å². The molecule has 0 saturated carbocycles. The molecule has 0 bridgehead atoms. The van der Waals surface area contributed by atoms with E-state index in [0.29, 0.717) is 16.8 Å². The third-order valence-corrected chi connectivity index (χ3v) is 5.13. The largest absolute Gasteiger partial charge is 0.478 e. The zero-order chi connectivity index (χ0) is 19.8. The van der Waals surface area contributed by atoms with Crippen molar-refractivity contribution in [1.82, 2.24) is 4.98 Å². The van der Waals surface area contributed by atoms with E-state index in [1.807, 2.05) is 54.6 Å². The average Bonchev–Trinajstić information content (AvgIpc) is 2.71. The summed E-state index contributed by atoms with van der Waals surface area (Å²) in [5, 5.41) is 9.63. The minimum Gasteiger partial charge on any atom is -0.478 e. The lowest BCUT2D eigenvalue weighted by atomic mass is 9.96. The van der Waals surface area contributed by atoms with Gasteiger partial charge in [-0.15, -0.1) is 0 Å². The van der Waals surface area contributed by atoms with Crippen LogP contribution < -0.4 is 0 Å². The quantitative estimate of drug-likeness (QED) is 0.441. The smallest absolute Gasteiger partial charge is 0.336 e. The van der Waals surface area contributed by atoms with Gasteiger partial charge in [-0.2, -0.15) is 0 Å². The fraction of sp³-hybridized carbons (Fsp3) is 0.0435. The zero-order valence-corrected chi connectivity index (χ0v) is 15.7. The van der Waals surface area contributed by atoms with Crippen molar-refractivity contribution in [3.05, 3.63) is 88.7 Å². The zero-order valence-electron chi connectivity index (χ0n) is 14.9. The van der Waals surface area contributed by atoms with Crippen LogP contribution in [0.5, 0.6) is 0 Å². The van der Waals surface area contributed by atoms with Crippen molar-refractivity contribution >= 4 is 28.5 Å². The van der Waals surface area contributed by atoms with Gasteiger partial charge in [-0.25, -0.2) is 14.2 Å². The van der Waals surface area contributed by atoms with Gasteiger partial charge in [0.05, 0.1) is 21.8 Å². The molecule has 1 N–H and O–H groups in total. The van der Waals surface area contributed by atoms with E-state index in [1.165, 1.54) is 12.1 Å². The number of rotatable bonds is 3. The molecule has 0 unspecified atom stereocenters. The Kier molecular flexibility index (Phi) is 4.57. The molecule has 5 heteroatoms. The molecule has 1 heterocycles. The molecule has 0 fully saturated rings. The minimum absolute atomic E-state index is 0.0309. The average molecular weight is 392 g/mol. The van der Waals surface area contributed by atoms with Gasteiger partial charge in [0.2, 0.25) is 0 Å². The first kappa shape index (κ1) is 18.1. The lowest BCUT2D eigenvalue weighted by molar-refractivity contribution is 0.0698. The first-order chi connectivity index (χ1) is 13.5. The monoisotopic (exact) mass is 391 g/mol. The third-order valence-electron chi connectivity index (χ3n) is 4.76. The lowest BCUT2D eigenvalue weighted by Crippen LogP contribution is -2.06. The second-order valence-electron chi connectivity index (χ2n) is 6.46. The van der Waals surface area contributed by atoms with E-state index in [1.54, 1.807) is 6.92 Å². The van der Waals surface area contributed by atoms with Crippen LogP contribution in [0.1, 0.15) is 15.9 Å². The Morgan fingerprint density at radius 3 is 2.18 bits per heavy atom. The molecule has 0 aliphatic carbocycles. The molecular formula is C23H15ClFNO2. The van der Waals surface area contributed by atoms with Crippen molar-refractivity contribution in [2.75, 3.05) is 0 Å². The first-order valence-electron chi connectivity index (χ1n) is 8.65. The number of carboxylic acid groups (broad SMARTS) is 1. The van der Waals surface area contributed by atoms with E-state index in [4.69, 9.17) is 11.6 Å². The van der Waals surface area contributed by atoms with Gasteiger partial charge in [-0.05, 0) is 35.7 Å². The number of aromatic carboxylic acids is 1. The van der Waals surface area contributed by atoms with Crippen LogP contribution in [-0.4, -0.2) is 16.1 Å². The van der Waals surface area contributed by atoms with Crippen molar-refractivity contribution in [2.45, 2.75) is 6.92 Å². The van der Waals surface area contributed by atoms with Crippen LogP contribution >= 0.6 is 11.6 Å². The van der Waals surface area contributed by atoms with Crippen LogP contribution in [0.3, 0.4) is 0 Å². The van der Waals surface area contributed by atoms with Crippen molar-refractivity contribution < 1.29 is 14.3 Å². The predicted octanol–water partition coefficient (Wildman–Crippen LogP) is 6.37. The summed E-state index contributed by atoms with van der Waals surface area (Å²) >= 11 is 6.06. The summed E-state index contributed by atoms with van der Waals surface area (Å²) in [6.45, 7) is 1.66. The van der Waals surface area contributed by atoms with Gasteiger partial charge in [0.25, 0.3) is 0 Å². The molecule has 4 rings (SSSR count). The van der Waals surface area contributed by atoms with Crippen molar-refractivity contribution in [3.8, 4) is 22.4 Å². The highest BCUT2D eigenvalue weighted by molar-refractivity contribution is 6.37. The van der Waals surface area contributed by atoms with E-state index in [0.717, 1.165) is 16.7 Å². The number of carbonyl (C=O) groups is 1. The maximum Gasteiger partial charge on any atom is 0.336 e. The Morgan fingerprint density at radius 1 is 0.929 bits per heavy atom. The highest BCUT2D eigenvalue weighted by Crippen LogP contribution is 2.35. The molecule has 0 radical (unpaired) electrons. The molecule has 28 heavy (non-hydrogen) atoms. The van der Waals surface area contributed by atoms with Gasteiger partial charge in [-0.3, -0.25) is 0 Å². The van der Waals surface area contributed by atoms with Crippen molar-refractivity contribution in [3.63, 3.8) is 0 Å². The molecule has 0 aliphatic rings. The summed E-state index contributed by atoms with van der Waals surface area (Å²) in [6, 6.07) is 20.3. The van der Waals surface area contributed by atoms with Crippen LogP contribution in [0.4, 0.5) is 4.39 Å².